The van der Waals surface area contributed by atoms with Gasteiger partial charge >= 0.3 is 12.1 Å². The zero-order valence-corrected chi connectivity index (χ0v) is 18.5. The maximum atomic E-state index is 12.7. The van der Waals surface area contributed by atoms with Crippen molar-refractivity contribution in [3.8, 4) is 22.9 Å². The number of carbonyl (C=O) groups is 2. The van der Waals surface area contributed by atoms with Gasteiger partial charge < -0.3 is 30.8 Å². The van der Waals surface area contributed by atoms with Gasteiger partial charge in [0.25, 0.3) is 0 Å². The molecule has 0 saturated carbocycles. The Hall–Kier alpha value is -3.98. The van der Waals surface area contributed by atoms with E-state index in [2.05, 4.69) is 5.32 Å². The van der Waals surface area contributed by atoms with Crippen molar-refractivity contribution >= 4 is 12.1 Å². The molecule has 9 nitrogen and oxygen atoms in total. The summed E-state index contributed by atoms with van der Waals surface area (Å²) in [5.41, 5.74) is 9.92. The van der Waals surface area contributed by atoms with Gasteiger partial charge in [-0.2, -0.15) is 0 Å². The first kappa shape index (κ1) is 23.2. The number of ether oxygens (including phenoxy) is 1. The number of nitrogens with one attached hydrogen (secondary N) is 1. The maximum absolute atomic E-state index is 12.7. The van der Waals surface area contributed by atoms with E-state index in [4.69, 9.17) is 15.3 Å². The third kappa shape index (κ3) is 4.84. The lowest BCUT2D eigenvalue weighted by Crippen LogP contribution is -2.45. The predicted octanol–water partition coefficient (Wildman–Crippen LogP) is 2.89. The van der Waals surface area contributed by atoms with E-state index in [0.717, 1.165) is 22.3 Å². The van der Waals surface area contributed by atoms with Crippen molar-refractivity contribution in [3.05, 3.63) is 71.8 Å². The van der Waals surface area contributed by atoms with Gasteiger partial charge in [0.2, 0.25) is 11.8 Å². The van der Waals surface area contributed by atoms with Crippen molar-refractivity contribution < 1.29 is 29.4 Å². The Balaban J connectivity index is 1.42. The smallest absolute Gasteiger partial charge is 0.407 e. The largest absolute Gasteiger partial charge is 0.492 e. The van der Waals surface area contributed by atoms with Crippen LogP contribution in [0.4, 0.5) is 4.79 Å². The van der Waals surface area contributed by atoms with Gasteiger partial charge in [-0.15, -0.1) is 4.73 Å². The van der Waals surface area contributed by atoms with Crippen molar-refractivity contribution in [3.63, 3.8) is 0 Å². The van der Waals surface area contributed by atoms with E-state index in [-0.39, 0.29) is 18.9 Å². The van der Waals surface area contributed by atoms with Gasteiger partial charge in [0.15, 0.2) is 0 Å². The van der Waals surface area contributed by atoms with Crippen LogP contribution in [0.15, 0.2) is 60.7 Å². The summed E-state index contributed by atoms with van der Waals surface area (Å²) in [6.07, 6.45) is 0.695. The summed E-state index contributed by atoms with van der Waals surface area (Å²) in [7, 11) is 0. The molecule has 34 heavy (non-hydrogen) atoms. The number of hydrogen-bond donors (Lipinski definition) is 4. The molecule has 1 heterocycles. The summed E-state index contributed by atoms with van der Waals surface area (Å²) >= 11 is 0. The van der Waals surface area contributed by atoms with Gasteiger partial charge in [-0.05, 0) is 48.1 Å². The number of nitrogens with zero attached hydrogens (tertiary/aromatic N) is 1. The van der Waals surface area contributed by atoms with Crippen molar-refractivity contribution in [2.45, 2.75) is 31.2 Å². The van der Waals surface area contributed by atoms with E-state index in [1.54, 1.807) is 0 Å². The molecule has 0 fully saturated rings. The summed E-state index contributed by atoms with van der Waals surface area (Å²) in [6.45, 7) is 0.537. The molecular weight excluding hydrogens is 438 g/mol. The molecular formula is C25H27N3O6. The quantitative estimate of drug-likeness (QED) is 0.357. The second kappa shape index (κ2) is 10.3. The molecule has 1 aliphatic carbocycles. The highest BCUT2D eigenvalue weighted by atomic mass is 16.7. The van der Waals surface area contributed by atoms with E-state index < -0.39 is 29.9 Å². The molecule has 4 rings (SSSR count). The molecule has 0 saturated heterocycles. The fourth-order valence-corrected chi connectivity index (χ4v) is 4.17. The predicted molar refractivity (Wildman–Crippen MR) is 124 cm³/mol. The van der Waals surface area contributed by atoms with E-state index >= 15 is 0 Å². The SMILES string of the molecule is NCCCCC(NC(=O)OCC1c2ccccc2-c2ccccc21)C(=O)On1c(O)ccc1O. The van der Waals surface area contributed by atoms with Crippen molar-refractivity contribution in [2.75, 3.05) is 13.2 Å². The molecule has 0 aliphatic heterocycles. The Morgan fingerprint density at radius 1 is 0.941 bits per heavy atom. The van der Waals surface area contributed by atoms with Gasteiger partial charge in [0.1, 0.15) is 12.6 Å². The van der Waals surface area contributed by atoms with Crippen LogP contribution in [0, 0.1) is 0 Å². The van der Waals surface area contributed by atoms with E-state index in [9.17, 15) is 19.8 Å². The number of carbonyl (C=O) groups excluding carboxylic acids is 2. The Kier molecular flexibility index (Phi) is 7.03. The highest BCUT2D eigenvalue weighted by molar-refractivity contribution is 5.82. The Morgan fingerprint density at radius 2 is 1.53 bits per heavy atom. The lowest BCUT2D eigenvalue weighted by Gasteiger charge is -2.19. The molecule has 5 N–H and O–H groups in total. The summed E-state index contributed by atoms with van der Waals surface area (Å²) in [5.74, 6) is -1.87. The molecule has 0 radical (unpaired) electrons. The molecule has 1 aromatic heterocycles. The average molecular weight is 466 g/mol. The first-order valence-electron chi connectivity index (χ1n) is 11.1. The Bertz CT molecular complexity index is 1110. The van der Waals surface area contributed by atoms with Crippen LogP contribution < -0.4 is 15.9 Å². The van der Waals surface area contributed by atoms with Crippen molar-refractivity contribution in [1.82, 2.24) is 10.0 Å². The Morgan fingerprint density at radius 3 is 2.12 bits per heavy atom. The third-order valence-electron chi connectivity index (χ3n) is 5.85. The zero-order chi connectivity index (χ0) is 24.1. The van der Waals surface area contributed by atoms with Crippen LogP contribution in [-0.2, 0) is 9.53 Å². The standard InChI is InChI=1S/C25H27N3O6/c26-14-6-5-11-21(24(31)34-28-22(29)12-13-23(28)30)27-25(32)33-15-20-18-9-3-1-7-16(18)17-8-2-4-10-19(17)20/h1-4,7-10,12-13,20-21,29-30H,5-6,11,14-15,26H2,(H,27,32). The average Bonchev–Trinajstić information content (AvgIpc) is 3.34. The number of unbranched alkanes of at least 4 members (excludes halogenated alkanes) is 1. The molecule has 3 aromatic rings. The summed E-state index contributed by atoms with van der Waals surface area (Å²) < 4.78 is 6.10. The fraction of sp³-hybridized carbons (Fsp3) is 0.280. The molecule has 0 bridgehead atoms. The number of rotatable bonds is 9. The first-order valence-corrected chi connectivity index (χ1v) is 11.1. The lowest BCUT2D eigenvalue weighted by molar-refractivity contribution is -0.148. The molecule has 1 aliphatic rings. The minimum atomic E-state index is -1.05. The second-order valence-corrected chi connectivity index (χ2v) is 8.06. The van der Waals surface area contributed by atoms with Gasteiger partial charge in [-0.25, -0.2) is 9.59 Å². The monoisotopic (exact) mass is 465 g/mol. The Labute approximate surface area is 196 Å². The third-order valence-corrected chi connectivity index (χ3v) is 5.85. The number of hydrogen-bond acceptors (Lipinski definition) is 7. The minimum Gasteiger partial charge on any atom is -0.492 e. The van der Waals surface area contributed by atoms with E-state index in [1.165, 1.54) is 12.1 Å². The number of aromatic hydroxyl groups is 2. The first-order chi connectivity index (χ1) is 16.5. The van der Waals surface area contributed by atoms with Gasteiger partial charge in [-0.1, -0.05) is 48.5 Å². The van der Waals surface area contributed by atoms with Crippen molar-refractivity contribution in [2.24, 2.45) is 5.73 Å². The van der Waals surface area contributed by atoms with Crippen LogP contribution >= 0.6 is 0 Å². The normalized spacial score (nSPS) is 13.1. The summed E-state index contributed by atoms with van der Waals surface area (Å²) in [5, 5.41) is 22.0. The maximum Gasteiger partial charge on any atom is 0.407 e. The zero-order valence-electron chi connectivity index (χ0n) is 18.5. The molecule has 9 heteroatoms. The lowest BCUT2D eigenvalue weighted by atomic mass is 9.98. The number of fused-ring (bicyclic) bond motifs is 3. The highest BCUT2D eigenvalue weighted by Crippen LogP contribution is 2.44. The van der Waals surface area contributed by atoms with E-state index in [1.807, 2.05) is 48.5 Å². The minimum absolute atomic E-state index is 0.101. The molecule has 2 aromatic carbocycles. The van der Waals surface area contributed by atoms with E-state index in [0.29, 0.717) is 24.1 Å². The number of aromatic nitrogens is 1. The molecule has 178 valence electrons. The number of nitrogens with two attached hydrogens (primary N) is 1. The second-order valence-electron chi connectivity index (χ2n) is 8.06. The van der Waals surface area contributed by atoms with Crippen LogP contribution in [0.3, 0.4) is 0 Å². The summed E-state index contributed by atoms with van der Waals surface area (Å²) in [6, 6.07) is 17.3. The van der Waals surface area contributed by atoms with Crippen molar-refractivity contribution in [1.29, 1.82) is 0 Å². The van der Waals surface area contributed by atoms with Crippen LogP contribution in [0.5, 0.6) is 11.8 Å². The van der Waals surface area contributed by atoms with Gasteiger partial charge in [0.05, 0.1) is 0 Å². The van der Waals surface area contributed by atoms with Crippen LogP contribution in [0.2, 0.25) is 0 Å². The molecule has 1 unspecified atom stereocenters. The topological polar surface area (TPSA) is 136 Å². The van der Waals surface area contributed by atoms with Gasteiger partial charge in [-0.3, -0.25) is 0 Å². The number of amides is 1. The van der Waals surface area contributed by atoms with Crippen LogP contribution in [0.1, 0.15) is 36.3 Å². The molecule has 0 spiro atoms. The fourth-order valence-electron chi connectivity index (χ4n) is 4.17. The van der Waals surface area contributed by atoms with Crippen LogP contribution in [0.25, 0.3) is 11.1 Å². The highest BCUT2D eigenvalue weighted by Gasteiger charge is 2.30. The van der Waals surface area contributed by atoms with Gasteiger partial charge in [0, 0.05) is 18.1 Å². The number of benzene rings is 2. The molecule has 1 atom stereocenters. The summed E-state index contributed by atoms with van der Waals surface area (Å²) in [4.78, 5) is 30.4. The van der Waals surface area contributed by atoms with Crippen LogP contribution in [-0.4, -0.2) is 46.2 Å². The molecule has 1 amide bonds. The number of alkyl carbamates (subject to hydrolysis) is 1.